The minimum absolute atomic E-state index is 0.108. The predicted molar refractivity (Wildman–Crippen MR) is 62.4 cm³/mol. The summed E-state index contributed by atoms with van der Waals surface area (Å²) in [5, 5.41) is 0. The second-order valence-corrected chi connectivity index (χ2v) is 3.87. The van der Waals surface area contributed by atoms with Gasteiger partial charge in [-0.05, 0) is 29.8 Å². The Morgan fingerprint density at radius 1 is 0.944 bits per heavy atom. The molecule has 2 rings (SSSR count). The molecule has 0 fully saturated rings. The minimum Gasteiger partial charge on any atom is -0.454 e. The van der Waals surface area contributed by atoms with Gasteiger partial charge in [-0.15, -0.1) is 11.6 Å². The van der Waals surface area contributed by atoms with Crippen LogP contribution in [0, 0.1) is 17.5 Å². The topological polar surface area (TPSA) is 9.23 Å². The molecule has 0 radical (unpaired) electrons. The van der Waals surface area contributed by atoms with Crippen LogP contribution >= 0.6 is 11.6 Å². The van der Waals surface area contributed by atoms with Gasteiger partial charge in [-0.1, -0.05) is 0 Å². The Bertz CT molecular complexity index is 572. The quantitative estimate of drug-likeness (QED) is 0.740. The molecule has 0 heterocycles. The number of ether oxygens (including phenoxy) is 1. The maximum Gasteiger partial charge on any atom is 0.168 e. The molecule has 94 valence electrons. The zero-order chi connectivity index (χ0) is 13.1. The average molecular weight is 273 g/mol. The summed E-state index contributed by atoms with van der Waals surface area (Å²) in [6.45, 7) is 0. The molecule has 0 aliphatic heterocycles. The molecule has 0 aromatic heterocycles. The van der Waals surface area contributed by atoms with Gasteiger partial charge in [0.15, 0.2) is 11.6 Å². The van der Waals surface area contributed by atoms with Crippen molar-refractivity contribution < 1.29 is 17.9 Å². The van der Waals surface area contributed by atoms with E-state index in [4.69, 9.17) is 16.3 Å². The van der Waals surface area contributed by atoms with Crippen LogP contribution in [0.3, 0.4) is 0 Å². The summed E-state index contributed by atoms with van der Waals surface area (Å²) in [5.41, 5.74) is 0.509. The first-order valence-electron chi connectivity index (χ1n) is 5.07. The van der Waals surface area contributed by atoms with E-state index in [0.717, 1.165) is 18.2 Å². The van der Waals surface area contributed by atoms with Crippen molar-refractivity contribution in [3.8, 4) is 11.5 Å². The molecule has 2 aromatic rings. The number of hydrogen-bond donors (Lipinski definition) is 0. The fourth-order valence-corrected chi connectivity index (χ4v) is 1.60. The van der Waals surface area contributed by atoms with E-state index >= 15 is 0 Å². The predicted octanol–water partition coefficient (Wildman–Crippen LogP) is 4.64. The van der Waals surface area contributed by atoms with Crippen LogP contribution in [0.2, 0.25) is 0 Å². The van der Waals surface area contributed by atoms with Crippen molar-refractivity contribution in [2.75, 3.05) is 0 Å². The summed E-state index contributed by atoms with van der Waals surface area (Å²) in [5.74, 6) is -2.06. The van der Waals surface area contributed by atoms with Crippen molar-refractivity contribution >= 4 is 11.6 Å². The average Bonchev–Trinajstić information content (AvgIpc) is 2.32. The lowest BCUT2D eigenvalue weighted by atomic mass is 10.2. The summed E-state index contributed by atoms with van der Waals surface area (Å²) in [6.07, 6.45) is 0. The standard InChI is InChI=1S/C13H8ClF3O/c14-7-8-3-10(16)5-11(4-8)18-13-2-1-9(15)6-12(13)17/h1-6H,7H2. The maximum atomic E-state index is 13.3. The summed E-state index contributed by atoms with van der Waals surface area (Å²) >= 11 is 5.58. The maximum absolute atomic E-state index is 13.3. The van der Waals surface area contributed by atoms with Gasteiger partial charge in [0.05, 0.1) is 0 Å². The van der Waals surface area contributed by atoms with Gasteiger partial charge in [-0.2, -0.15) is 0 Å². The summed E-state index contributed by atoms with van der Waals surface area (Å²) in [4.78, 5) is 0. The van der Waals surface area contributed by atoms with Gasteiger partial charge in [-0.25, -0.2) is 13.2 Å². The summed E-state index contributed by atoms with van der Waals surface area (Å²) in [6, 6.07) is 6.71. The Morgan fingerprint density at radius 3 is 2.39 bits per heavy atom. The molecule has 0 N–H and O–H groups in total. The van der Waals surface area contributed by atoms with Crippen LogP contribution < -0.4 is 4.74 Å². The van der Waals surface area contributed by atoms with E-state index in [-0.39, 0.29) is 17.4 Å². The minimum atomic E-state index is -0.855. The SMILES string of the molecule is Fc1cc(CCl)cc(Oc2ccc(F)cc2F)c1. The Balaban J connectivity index is 2.30. The van der Waals surface area contributed by atoms with Gasteiger partial charge in [-0.3, -0.25) is 0 Å². The van der Waals surface area contributed by atoms with Crippen molar-refractivity contribution in [2.45, 2.75) is 5.88 Å². The fourth-order valence-electron chi connectivity index (χ4n) is 1.44. The number of rotatable bonds is 3. The molecule has 0 aliphatic rings. The van der Waals surface area contributed by atoms with Crippen LogP contribution in [-0.2, 0) is 5.88 Å². The first kappa shape index (κ1) is 12.8. The van der Waals surface area contributed by atoms with E-state index < -0.39 is 17.5 Å². The molecule has 0 atom stereocenters. The second kappa shape index (κ2) is 5.31. The van der Waals surface area contributed by atoms with E-state index in [9.17, 15) is 13.2 Å². The molecule has 1 nitrogen and oxygen atoms in total. The van der Waals surface area contributed by atoms with Crippen LogP contribution in [0.5, 0.6) is 11.5 Å². The molecular weight excluding hydrogens is 265 g/mol. The van der Waals surface area contributed by atoms with Crippen molar-refractivity contribution in [2.24, 2.45) is 0 Å². The molecule has 0 saturated heterocycles. The van der Waals surface area contributed by atoms with Gasteiger partial charge in [0.1, 0.15) is 17.4 Å². The Kier molecular flexibility index (Phi) is 3.77. The molecule has 2 aromatic carbocycles. The molecule has 0 unspecified atom stereocenters. The van der Waals surface area contributed by atoms with Crippen LogP contribution in [-0.4, -0.2) is 0 Å². The van der Waals surface area contributed by atoms with Gasteiger partial charge >= 0.3 is 0 Å². The largest absolute Gasteiger partial charge is 0.454 e. The van der Waals surface area contributed by atoms with Gasteiger partial charge in [0.25, 0.3) is 0 Å². The Labute approximate surface area is 107 Å². The summed E-state index contributed by atoms with van der Waals surface area (Å²) < 4.78 is 44.4. The van der Waals surface area contributed by atoms with Crippen molar-refractivity contribution in [3.05, 3.63) is 59.4 Å². The fraction of sp³-hybridized carbons (Fsp3) is 0.0769. The molecule has 0 bridgehead atoms. The highest BCUT2D eigenvalue weighted by Gasteiger charge is 2.08. The molecule has 0 amide bonds. The third-order valence-electron chi connectivity index (χ3n) is 2.21. The first-order chi connectivity index (χ1) is 8.58. The van der Waals surface area contributed by atoms with Crippen molar-refractivity contribution in [1.82, 2.24) is 0 Å². The normalized spacial score (nSPS) is 10.4. The lowest BCUT2D eigenvalue weighted by Gasteiger charge is -2.08. The first-order valence-corrected chi connectivity index (χ1v) is 5.60. The van der Waals surface area contributed by atoms with Gasteiger partial charge < -0.3 is 4.74 Å². The third-order valence-corrected chi connectivity index (χ3v) is 2.52. The lowest BCUT2D eigenvalue weighted by molar-refractivity contribution is 0.434. The highest BCUT2D eigenvalue weighted by atomic mass is 35.5. The second-order valence-electron chi connectivity index (χ2n) is 3.61. The zero-order valence-electron chi connectivity index (χ0n) is 9.09. The van der Waals surface area contributed by atoms with Gasteiger partial charge in [0, 0.05) is 18.0 Å². The number of halogens is 4. The van der Waals surface area contributed by atoms with E-state index in [2.05, 4.69) is 0 Å². The number of alkyl halides is 1. The molecule has 0 aliphatic carbocycles. The number of benzene rings is 2. The molecule has 0 saturated carbocycles. The van der Waals surface area contributed by atoms with Crippen LogP contribution in [0.15, 0.2) is 36.4 Å². The monoisotopic (exact) mass is 272 g/mol. The Morgan fingerprint density at radius 2 is 1.72 bits per heavy atom. The Hall–Kier alpha value is -1.68. The van der Waals surface area contributed by atoms with Crippen molar-refractivity contribution in [3.63, 3.8) is 0 Å². The van der Waals surface area contributed by atoms with Crippen LogP contribution in [0.4, 0.5) is 13.2 Å². The number of hydrogen-bond acceptors (Lipinski definition) is 1. The summed E-state index contributed by atoms with van der Waals surface area (Å²) in [7, 11) is 0. The molecule has 0 spiro atoms. The van der Waals surface area contributed by atoms with E-state index in [1.54, 1.807) is 0 Å². The molecule has 18 heavy (non-hydrogen) atoms. The van der Waals surface area contributed by atoms with Crippen LogP contribution in [0.1, 0.15) is 5.56 Å². The molecule has 5 heteroatoms. The lowest BCUT2D eigenvalue weighted by Crippen LogP contribution is -1.91. The van der Waals surface area contributed by atoms with E-state index in [0.29, 0.717) is 11.6 Å². The zero-order valence-corrected chi connectivity index (χ0v) is 9.85. The van der Waals surface area contributed by atoms with Gasteiger partial charge in [0.2, 0.25) is 0 Å². The van der Waals surface area contributed by atoms with E-state index in [1.807, 2.05) is 0 Å². The van der Waals surface area contributed by atoms with E-state index in [1.165, 1.54) is 12.1 Å². The highest BCUT2D eigenvalue weighted by molar-refractivity contribution is 6.17. The third kappa shape index (κ3) is 2.96. The van der Waals surface area contributed by atoms with Crippen molar-refractivity contribution in [1.29, 1.82) is 0 Å². The van der Waals surface area contributed by atoms with Crippen LogP contribution in [0.25, 0.3) is 0 Å². The highest BCUT2D eigenvalue weighted by Crippen LogP contribution is 2.26. The smallest absolute Gasteiger partial charge is 0.168 e. The molecular formula is C13H8ClF3O.